The number of carbonyl (C=O) groups is 2. The summed E-state index contributed by atoms with van der Waals surface area (Å²) in [6.07, 6.45) is 4.88. The molecule has 2 bridgehead atoms. The van der Waals surface area contributed by atoms with Crippen molar-refractivity contribution < 1.29 is 32.2 Å². The lowest BCUT2D eigenvalue weighted by Crippen LogP contribution is -2.42. The number of amides is 1. The molecular formula is C27H33ClN2O7S. The van der Waals surface area contributed by atoms with Crippen molar-refractivity contribution >= 4 is 39.2 Å². The van der Waals surface area contributed by atoms with Crippen molar-refractivity contribution in [3.05, 3.63) is 46.5 Å². The molecule has 1 amide bonds. The van der Waals surface area contributed by atoms with Gasteiger partial charge in [0, 0.05) is 12.1 Å². The van der Waals surface area contributed by atoms with Gasteiger partial charge < -0.3 is 19.5 Å². The lowest BCUT2D eigenvalue weighted by molar-refractivity contribution is -0.125. The monoisotopic (exact) mass is 564 g/mol. The molecule has 0 aliphatic heterocycles. The van der Waals surface area contributed by atoms with Crippen molar-refractivity contribution in [3.8, 4) is 11.5 Å². The molecule has 2 aliphatic carbocycles. The molecule has 2 aromatic carbocycles. The van der Waals surface area contributed by atoms with Crippen LogP contribution in [0.1, 0.15) is 48.5 Å². The molecule has 11 heteroatoms. The number of anilines is 1. The van der Waals surface area contributed by atoms with Gasteiger partial charge in [0.05, 0.1) is 35.4 Å². The smallest absolute Gasteiger partial charge is 0.338 e. The minimum atomic E-state index is -4.13. The zero-order chi connectivity index (χ0) is 27.6. The number of esters is 1. The molecule has 0 spiro atoms. The van der Waals surface area contributed by atoms with Gasteiger partial charge in [-0.3, -0.25) is 9.52 Å². The van der Waals surface area contributed by atoms with Crippen molar-refractivity contribution in [2.45, 2.75) is 50.5 Å². The van der Waals surface area contributed by atoms with Gasteiger partial charge in [0.2, 0.25) is 0 Å². The van der Waals surface area contributed by atoms with E-state index in [4.69, 9.17) is 25.8 Å². The summed E-state index contributed by atoms with van der Waals surface area (Å²) in [5, 5.41) is 3.15. The lowest BCUT2D eigenvalue weighted by Gasteiger charge is -2.28. The highest BCUT2D eigenvalue weighted by Gasteiger charge is 2.42. The van der Waals surface area contributed by atoms with Gasteiger partial charge in [-0.05, 0) is 74.6 Å². The van der Waals surface area contributed by atoms with Crippen LogP contribution in [0.25, 0.3) is 0 Å². The Morgan fingerprint density at radius 3 is 2.45 bits per heavy atom. The van der Waals surface area contributed by atoms with Crippen molar-refractivity contribution in [3.63, 3.8) is 0 Å². The maximum Gasteiger partial charge on any atom is 0.338 e. The summed E-state index contributed by atoms with van der Waals surface area (Å²) >= 11 is 6.16. The number of hydrogen-bond donors (Lipinski definition) is 2. The van der Waals surface area contributed by atoms with Crippen molar-refractivity contribution in [1.82, 2.24) is 5.32 Å². The Morgan fingerprint density at radius 2 is 1.82 bits per heavy atom. The zero-order valence-corrected chi connectivity index (χ0v) is 23.4. The van der Waals surface area contributed by atoms with E-state index in [-0.39, 0.29) is 38.9 Å². The van der Waals surface area contributed by atoms with E-state index in [0.717, 1.165) is 12.3 Å². The average Bonchev–Trinajstić information content (AvgIpc) is 3.51. The molecule has 2 fully saturated rings. The first kappa shape index (κ1) is 28.0. The van der Waals surface area contributed by atoms with Crippen LogP contribution in [0.4, 0.5) is 5.69 Å². The first-order valence-corrected chi connectivity index (χ1v) is 14.4. The van der Waals surface area contributed by atoms with Crippen molar-refractivity contribution in [2.24, 2.45) is 17.8 Å². The van der Waals surface area contributed by atoms with Crippen LogP contribution in [0.2, 0.25) is 5.02 Å². The largest absolute Gasteiger partial charge is 0.495 e. The topological polar surface area (TPSA) is 120 Å². The van der Waals surface area contributed by atoms with Gasteiger partial charge in [-0.1, -0.05) is 24.1 Å². The van der Waals surface area contributed by atoms with Gasteiger partial charge in [-0.2, -0.15) is 0 Å². The predicted molar refractivity (Wildman–Crippen MR) is 143 cm³/mol. The number of carbonyl (C=O) groups excluding carboxylic acids is 2. The van der Waals surface area contributed by atoms with E-state index in [0.29, 0.717) is 23.1 Å². The summed E-state index contributed by atoms with van der Waals surface area (Å²) in [7, 11) is -1.32. The van der Waals surface area contributed by atoms with Crippen LogP contribution in [0.5, 0.6) is 11.5 Å². The minimum Gasteiger partial charge on any atom is -0.495 e. The van der Waals surface area contributed by atoms with E-state index >= 15 is 0 Å². The molecule has 0 radical (unpaired) electrons. The predicted octanol–water partition coefficient (Wildman–Crippen LogP) is 4.56. The van der Waals surface area contributed by atoms with E-state index in [1.54, 1.807) is 6.92 Å². The number of aryl methyl sites for hydroxylation is 1. The van der Waals surface area contributed by atoms with Crippen LogP contribution in [0, 0.1) is 24.7 Å². The Balaban J connectivity index is 1.42. The number of benzene rings is 2. The summed E-state index contributed by atoms with van der Waals surface area (Å²) in [5.41, 5.74) is 0.653. The number of hydrogen-bond acceptors (Lipinski definition) is 7. The number of methoxy groups -OCH3 is 2. The summed E-state index contributed by atoms with van der Waals surface area (Å²) < 4.78 is 44.3. The number of ether oxygens (including phenoxy) is 3. The van der Waals surface area contributed by atoms with Gasteiger partial charge in [-0.25, -0.2) is 13.2 Å². The van der Waals surface area contributed by atoms with Crippen LogP contribution >= 0.6 is 11.6 Å². The highest BCUT2D eigenvalue weighted by Crippen LogP contribution is 2.49. The molecule has 2 aliphatic rings. The molecule has 2 saturated carbocycles. The first-order chi connectivity index (χ1) is 18.0. The Hall–Kier alpha value is -2.98. The molecule has 9 nitrogen and oxygen atoms in total. The lowest BCUT2D eigenvalue weighted by atomic mass is 9.84. The van der Waals surface area contributed by atoms with Gasteiger partial charge >= 0.3 is 5.97 Å². The number of fused-ring (bicyclic) bond motifs is 2. The average molecular weight is 565 g/mol. The number of nitrogens with one attached hydrogen (secondary N) is 2. The molecule has 38 heavy (non-hydrogen) atoms. The van der Waals surface area contributed by atoms with Crippen LogP contribution in [0.3, 0.4) is 0 Å². The number of halogens is 1. The van der Waals surface area contributed by atoms with E-state index in [2.05, 4.69) is 10.0 Å². The first-order valence-electron chi connectivity index (χ1n) is 12.5. The molecule has 4 atom stereocenters. The summed E-state index contributed by atoms with van der Waals surface area (Å²) in [6.45, 7) is 3.21. The summed E-state index contributed by atoms with van der Waals surface area (Å²) in [6, 6.07) is 6.93. The van der Waals surface area contributed by atoms with Gasteiger partial charge in [0.1, 0.15) is 11.5 Å². The molecule has 0 unspecified atom stereocenters. The maximum absolute atomic E-state index is 13.1. The van der Waals surface area contributed by atoms with Gasteiger partial charge in [0.15, 0.2) is 6.61 Å². The van der Waals surface area contributed by atoms with Crippen molar-refractivity contribution in [1.29, 1.82) is 0 Å². The van der Waals surface area contributed by atoms with E-state index < -0.39 is 22.6 Å². The SMILES string of the molecule is COc1cc(OC)c(NS(=O)(=O)c2ccc(C)c(C(=O)OCC(=O)N[C@@H](C)[C@@H]3C[C@H]4CC[C@@H]3C4)c2)cc1Cl. The Bertz CT molecular complexity index is 1330. The Kier molecular flexibility index (Phi) is 8.42. The van der Waals surface area contributed by atoms with Gasteiger partial charge in [0.25, 0.3) is 15.9 Å². The number of rotatable bonds is 10. The zero-order valence-electron chi connectivity index (χ0n) is 21.9. The fourth-order valence-electron chi connectivity index (χ4n) is 5.65. The van der Waals surface area contributed by atoms with Crippen LogP contribution in [-0.2, 0) is 19.6 Å². The highest BCUT2D eigenvalue weighted by molar-refractivity contribution is 7.92. The second kappa shape index (κ2) is 11.4. The second-order valence-electron chi connectivity index (χ2n) is 10.0. The Labute approximate surface area is 228 Å². The molecule has 0 saturated heterocycles. The fourth-order valence-corrected chi connectivity index (χ4v) is 6.98. The standard InChI is InChI=1S/C27H33ClN2O7S/c1-15-5-8-19(38(33,34)30-23-12-22(28)24(35-3)13-25(23)36-4)11-20(15)27(32)37-14-26(31)29-16(2)21-10-17-6-7-18(21)9-17/h5,8,11-13,16-18,21,30H,6-7,9-10,14H2,1-4H3,(H,29,31)/t16-,17-,18+,21-/m0/s1. The second-order valence-corrected chi connectivity index (χ2v) is 12.1. The molecule has 2 aromatic rings. The van der Waals surface area contributed by atoms with Crippen LogP contribution < -0.4 is 19.5 Å². The molecule has 0 aromatic heterocycles. The molecular weight excluding hydrogens is 532 g/mol. The normalized spacial score (nSPS) is 21.0. The Morgan fingerprint density at radius 1 is 1.08 bits per heavy atom. The molecule has 0 heterocycles. The highest BCUT2D eigenvalue weighted by atomic mass is 35.5. The molecule has 2 N–H and O–H groups in total. The maximum atomic E-state index is 13.1. The van der Waals surface area contributed by atoms with Crippen LogP contribution in [-0.4, -0.2) is 47.2 Å². The molecule has 206 valence electrons. The molecule has 4 rings (SSSR count). The number of sulfonamides is 1. The third-order valence-electron chi connectivity index (χ3n) is 7.62. The fraction of sp³-hybridized carbons (Fsp3) is 0.481. The minimum absolute atomic E-state index is 0.0150. The van der Waals surface area contributed by atoms with E-state index in [9.17, 15) is 18.0 Å². The third kappa shape index (κ3) is 6.02. The van der Waals surface area contributed by atoms with Gasteiger partial charge in [-0.15, -0.1) is 0 Å². The van der Waals surface area contributed by atoms with Crippen LogP contribution in [0.15, 0.2) is 35.2 Å². The van der Waals surface area contributed by atoms with E-state index in [1.165, 1.54) is 63.8 Å². The summed E-state index contributed by atoms with van der Waals surface area (Å²) in [4.78, 5) is 25.1. The summed E-state index contributed by atoms with van der Waals surface area (Å²) in [5.74, 6) is 1.25. The third-order valence-corrected chi connectivity index (χ3v) is 9.27. The quantitative estimate of drug-likeness (QED) is 0.406. The van der Waals surface area contributed by atoms with E-state index in [1.807, 2.05) is 6.92 Å². The van der Waals surface area contributed by atoms with Crippen molar-refractivity contribution in [2.75, 3.05) is 25.5 Å².